The Labute approximate surface area is 194 Å². The number of carbonyl (C=O) groups is 2. The number of pyridine rings is 1. The van der Waals surface area contributed by atoms with E-state index in [1.807, 2.05) is 6.07 Å². The molecule has 0 radical (unpaired) electrons. The lowest BCUT2D eigenvalue weighted by Crippen LogP contribution is -2.29. The maximum atomic E-state index is 13.1. The molecule has 1 fully saturated rings. The van der Waals surface area contributed by atoms with E-state index in [4.69, 9.17) is 27.9 Å². The minimum Gasteiger partial charge on any atom is -0.507 e. The number of likely N-dealkylation sites (tertiary alicyclic amines) is 1. The fourth-order valence-electron chi connectivity index (χ4n) is 3.75. The lowest BCUT2D eigenvalue weighted by atomic mass is 9.94. The van der Waals surface area contributed by atoms with Crippen molar-refractivity contribution in [3.05, 3.63) is 99.3 Å². The van der Waals surface area contributed by atoms with Gasteiger partial charge in [0.05, 0.1) is 28.8 Å². The molecule has 1 amide bonds. The molecule has 0 bridgehead atoms. The van der Waals surface area contributed by atoms with Crippen molar-refractivity contribution in [2.24, 2.45) is 0 Å². The number of para-hydroxylation sites is 1. The third-order valence-corrected chi connectivity index (χ3v) is 5.98. The van der Waals surface area contributed by atoms with Crippen LogP contribution in [0.4, 0.5) is 0 Å². The number of amides is 1. The highest BCUT2D eigenvalue weighted by atomic mass is 35.5. The first kappa shape index (κ1) is 21.9. The number of ether oxygens (including phenoxy) is 1. The van der Waals surface area contributed by atoms with Gasteiger partial charge in [0.15, 0.2) is 0 Å². The third-order valence-electron chi connectivity index (χ3n) is 5.24. The number of hydrogen-bond donors (Lipinski definition) is 1. The molecule has 2 heterocycles. The molecule has 1 aliphatic heterocycles. The highest BCUT2D eigenvalue weighted by molar-refractivity contribution is 6.46. The molecule has 162 valence electrons. The monoisotopic (exact) mass is 468 g/mol. The van der Waals surface area contributed by atoms with Crippen LogP contribution >= 0.6 is 23.2 Å². The number of aliphatic hydroxyl groups is 1. The quantitative estimate of drug-likeness (QED) is 0.323. The summed E-state index contributed by atoms with van der Waals surface area (Å²) in [6.45, 7) is 0.124. The molecule has 3 aromatic rings. The van der Waals surface area contributed by atoms with Gasteiger partial charge >= 0.3 is 0 Å². The molecule has 8 heteroatoms. The number of ketones is 1. The van der Waals surface area contributed by atoms with Crippen LogP contribution in [0.25, 0.3) is 5.76 Å². The van der Waals surface area contributed by atoms with Crippen molar-refractivity contribution in [3.63, 3.8) is 0 Å². The second kappa shape index (κ2) is 9.02. The van der Waals surface area contributed by atoms with Gasteiger partial charge in [-0.05, 0) is 35.9 Å². The Kier molecular flexibility index (Phi) is 6.17. The van der Waals surface area contributed by atoms with E-state index in [1.54, 1.807) is 42.7 Å². The average Bonchev–Trinajstić information content (AvgIpc) is 3.05. The Hall–Kier alpha value is -3.35. The second-order valence-corrected chi connectivity index (χ2v) is 7.97. The second-order valence-electron chi connectivity index (χ2n) is 7.16. The molecular weight excluding hydrogens is 451 g/mol. The largest absolute Gasteiger partial charge is 0.507 e. The number of halogens is 2. The van der Waals surface area contributed by atoms with Crippen molar-refractivity contribution in [3.8, 4) is 5.75 Å². The smallest absolute Gasteiger partial charge is 0.295 e. The van der Waals surface area contributed by atoms with Gasteiger partial charge < -0.3 is 14.7 Å². The summed E-state index contributed by atoms with van der Waals surface area (Å²) in [5.41, 5.74) is 1.53. The van der Waals surface area contributed by atoms with Crippen LogP contribution in [0.3, 0.4) is 0 Å². The third kappa shape index (κ3) is 3.95. The predicted molar refractivity (Wildman–Crippen MR) is 122 cm³/mol. The fraction of sp³-hybridized carbons (Fsp3) is 0.125. The van der Waals surface area contributed by atoms with Crippen molar-refractivity contribution in [1.29, 1.82) is 0 Å². The van der Waals surface area contributed by atoms with Crippen LogP contribution in [0.15, 0.2) is 72.6 Å². The Morgan fingerprint density at radius 1 is 1.09 bits per heavy atom. The van der Waals surface area contributed by atoms with Gasteiger partial charge in [-0.1, -0.05) is 47.5 Å². The van der Waals surface area contributed by atoms with Gasteiger partial charge in [0.2, 0.25) is 0 Å². The molecule has 6 nitrogen and oxygen atoms in total. The SMILES string of the molecule is COc1ccccc1C1/C(=C(\O)c2ccc(Cl)c(Cl)c2)C(=O)C(=O)N1Cc1cccnc1. The standard InChI is InChI=1S/C24H18Cl2N2O4/c1-32-19-7-3-2-6-16(19)21-20(22(29)15-8-9-17(25)18(26)11-15)23(30)24(31)28(21)13-14-5-4-10-27-12-14/h2-12,21,29H,13H2,1H3/b22-20+. The van der Waals surface area contributed by atoms with Crippen LogP contribution in [0.5, 0.6) is 5.75 Å². The van der Waals surface area contributed by atoms with Crippen molar-refractivity contribution in [1.82, 2.24) is 9.88 Å². The van der Waals surface area contributed by atoms with E-state index in [0.717, 1.165) is 5.56 Å². The Balaban J connectivity index is 1.91. The molecule has 1 aliphatic rings. The maximum absolute atomic E-state index is 13.1. The van der Waals surface area contributed by atoms with Crippen molar-refractivity contribution in [2.75, 3.05) is 7.11 Å². The highest BCUT2D eigenvalue weighted by Crippen LogP contribution is 2.43. The highest BCUT2D eigenvalue weighted by Gasteiger charge is 2.47. The van der Waals surface area contributed by atoms with Gasteiger partial charge in [-0.2, -0.15) is 0 Å². The van der Waals surface area contributed by atoms with Gasteiger partial charge in [-0.25, -0.2) is 0 Å². The molecule has 1 N–H and O–H groups in total. The van der Waals surface area contributed by atoms with Crippen LogP contribution in [0.2, 0.25) is 10.0 Å². The Morgan fingerprint density at radius 3 is 2.56 bits per heavy atom. The molecule has 1 unspecified atom stereocenters. The molecule has 0 saturated carbocycles. The maximum Gasteiger partial charge on any atom is 0.295 e. The summed E-state index contributed by atoms with van der Waals surface area (Å²) in [6, 6.07) is 14.3. The molecule has 32 heavy (non-hydrogen) atoms. The molecule has 0 aliphatic carbocycles. The summed E-state index contributed by atoms with van der Waals surface area (Å²) in [6.07, 6.45) is 3.25. The first-order valence-electron chi connectivity index (χ1n) is 9.68. The van der Waals surface area contributed by atoms with E-state index < -0.39 is 17.7 Å². The minimum atomic E-state index is -0.874. The van der Waals surface area contributed by atoms with Crippen molar-refractivity contribution >= 4 is 40.7 Å². The fourth-order valence-corrected chi connectivity index (χ4v) is 4.04. The summed E-state index contributed by atoms with van der Waals surface area (Å²) < 4.78 is 5.49. The number of rotatable bonds is 5. The van der Waals surface area contributed by atoms with E-state index in [-0.39, 0.29) is 28.5 Å². The minimum absolute atomic E-state index is 0.0539. The number of aliphatic hydroxyl groups excluding tert-OH is 1. The van der Waals surface area contributed by atoms with Crippen LogP contribution < -0.4 is 4.74 Å². The van der Waals surface area contributed by atoms with E-state index in [2.05, 4.69) is 4.98 Å². The van der Waals surface area contributed by atoms with E-state index in [1.165, 1.54) is 30.2 Å². The number of carbonyl (C=O) groups excluding carboxylic acids is 2. The average molecular weight is 469 g/mol. The number of hydrogen-bond acceptors (Lipinski definition) is 5. The van der Waals surface area contributed by atoms with Crippen LogP contribution in [0, 0.1) is 0 Å². The summed E-state index contributed by atoms with van der Waals surface area (Å²) >= 11 is 12.1. The van der Waals surface area contributed by atoms with Gasteiger partial charge in [-0.3, -0.25) is 14.6 Å². The first-order valence-corrected chi connectivity index (χ1v) is 10.4. The predicted octanol–water partition coefficient (Wildman–Crippen LogP) is 5.02. The molecule has 0 spiro atoms. The zero-order valence-electron chi connectivity index (χ0n) is 17.0. The molecule has 2 aromatic carbocycles. The van der Waals surface area contributed by atoms with Crippen molar-refractivity contribution in [2.45, 2.75) is 12.6 Å². The van der Waals surface area contributed by atoms with E-state index in [0.29, 0.717) is 16.3 Å². The number of aromatic nitrogens is 1. The summed E-state index contributed by atoms with van der Waals surface area (Å²) in [5, 5.41) is 11.7. The molecule has 1 aromatic heterocycles. The number of Topliss-reactive ketones (excluding diaryl/α,β-unsaturated/α-hetero) is 1. The topological polar surface area (TPSA) is 79.7 Å². The summed E-state index contributed by atoms with van der Waals surface area (Å²) in [4.78, 5) is 31.7. The van der Waals surface area contributed by atoms with E-state index >= 15 is 0 Å². The van der Waals surface area contributed by atoms with E-state index in [9.17, 15) is 14.7 Å². The normalized spacial score (nSPS) is 17.6. The number of nitrogens with zero attached hydrogens (tertiary/aromatic N) is 2. The summed E-state index contributed by atoms with van der Waals surface area (Å²) in [5.74, 6) is -1.39. The molecule has 1 atom stereocenters. The van der Waals surface area contributed by atoms with Gasteiger partial charge in [0.1, 0.15) is 11.5 Å². The Bertz CT molecular complexity index is 1230. The zero-order valence-corrected chi connectivity index (χ0v) is 18.5. The molecule has 1 saturated heterocycles. The number of methoxy groups -OCH3 is 1. The lowest BCUT2D eigenvalue weighted by molar-refractivity contribution is -0.140. The van der Waals surface area contributed by atoms with Gasteiger partial charge in [0.25, 0.3) is 11.7 Å². The van der Waals surface area contributed by atoms with Crippen molar-refractivity contribution < 1.29 is 19.4 Å². The first-order chi connectivity index (χ1) is 15.4. The Morgan fingerprint density at radius 2 is 1.88 bits per heavy atom. The zero-order chi connectivity index (χ0) is 22.8. The molecular formula is C24H18Cl2N2O4. The molecule has 4 rings (SSSR count). The van der Waals surface area contributed by atoms with Crippen LogP contribution in [-0.4, -0.2) is 33.8 Å². The lowest BCUT2D eigenvalue weighted by Gasteiger charge is -2.26. The van der Waals surface area contributed by atoms with Gasteiger partial charge in [-0.15, -0.1) is 0 Å². The van der Waals surface area contributed by atoms with Crippen LogP contribution in [0.1, 0.15) is 22.7 Å². The summed E-state index contributed by atoms with van der Waals surface area (Å²) in [7, 11) is 1.51. The van der Waals surface area contributed by atoms with Gasteiger partial charge in [0, 0.05) is 30.1 Å². The van der Waals surface area contributed by atoms with Crippen LogP contribution in [-0.2, 0) is 16.1 Å². The number of benzene rings is 2.